The van der Waals surface area contributed by atoms with Gasteiger partial charge in [0, 0.05) is 25.7 Å². The van der Waals surface area contributed by atoms with Crippen LogP contribution in [0.2, 0.25) is 0 Å². The first kappa shape index (κ1) is 16.2. The summed E-state index contributed by atoms with van der Waals surface area (Å²) in [7, 11) is 0. The molecule has 2 unspecified atom stereocenters. The molecule has 0 bridgehead atoms. The maximum Gasteiger partial charge on any atom is 0.236 e. The molecule has 2 aliphatic heterocycles. The number of hydrogen-bond donors (Lipinski definition) is 2. The van der Waals surface area contributed by atoms with Gasteiger partial charge in [0.25, 0.3) is 0 Å². The minimum atomic E-state index is -0.302. The van der Waals surface area contributed by atoms with Gasteiger partial charge in [-0.3, -0.25) is 14.5 Å². The van der Waals surface area contributed by atoms with Crippen LogP contribution in [0, 0.1) is 5.92 Å². The number of primary amides is 1. The Balaban J connectivity index is 1.88. The van der Waals surface area contributed by atoms with Gasteiger partial charge >= 0.3 is 0 Å². The lowest BCUT2D eigenvalue weighted by atomic mass is 9.97. The summed E-state index contributed by atoms with van der Waals surface area (Å²) in [4.78, 5) is 27.7. The van der Waals surface area contributed by atoms with E-state index in [9.17, 15) is 9.59 Å². The van der Waals surface area contributed by atoms with Crippen LogP contribution in [-0.4, -0.2) is 65.5 Å². The van der Waals surface area contributed by atoms with E-state index in [0.29, 0.717) is 19.1 Å². The second-order valence-electron chi connectivity index (χ2n) is 6.21. The lowest BCUT2D eigenvalue weighted by molar-refractivity contribution is -0.136. The topological polar surface area (TPSA) is 86.9 Å². The molecule has 2 saturated heterocycles. The zero-order valence-electron chi connectivity index (χ0n) is 12.7. The van der Waals surface area contributed by atoms with Crippen molar-refractivity contribution in [2.75, 3.05) is 32.8 Å². The zero-order chi connectivity index (χ0) is 15.2. The standard InChI is InChI=1S/C15H27N3O3/c16-15(21)12-4-3-8-18(10-12)14(20)11-17-7-2-1-5-13(17)6-9-19/h12-13,19H,1-11H2,(H2,16,21). The molecule has 21 heavy (non-hydrogen) atoms. The quantitative estimate of drug-likeness (QED) is 0.745. The van der Waals surface area contributed by atoms with Gasteiger partial charge in [0.2, 0.25) is 11.8 Å². The molecular formula is C15H27N3O3. The Hall–Kier alpha value is -1.14. The van der Waals surface area contributed by atoms with Gasteiger partial charge in [-0.2, -0.15) is 0 Å². The second kappa shape index (κ2) is 7.75. The predicted molar refractivity (Wildman–Crippen MR) is 79.4 cm³/mol. The monoisotopic (exact) mass is 297 g/mol. The van der Waals surface area contributed by atoms with Gasteiger partial charge in [-0.05, 0) is 38.6 Å². The number of hydrogen-bond acceptors (Lipinski definition) is 4. The van der Waals surface area contributed by atoms with Crippen LogP contribution in [0.25, 0.3) is 0 Å². The van der Waals surface area contributed by atoms with Crippen LogP contribution < -0.4 is 5.73 Å². The van der Waals surface area contributed by atoms with Gasteiger partial charge in [0.1, 0.15) is 0 Å². The molecule has 0 aromatic rings. The van der Waals surface area contributed by atoms with E-state index in [1.54, 1.807) is 4.90 Å². The molecule has 2 atom stereocenters. The third-order valence-electron chi connectivity index (χ3n) is 4.73. The zero-order valence-corrected chi connectivity index (χ0v) is 12.7. The van der Waals surface area contributed by atoms with Crippen molar-refractivity contribution in [3.05, 3.63) is 0 Å². The number of aliphatic hydroxyl groups is 1. The fourth-order valence-corrected chi connectivity index (χ4v) is 3.45. The number of rotatable bonds is 5. The molecule has 2 rings (SSSR count). The van der Waals surface area contributed by atoms with Gasteiger partial charge in [0.15, 0.2) is 0 Å². The van der Waals surface area contributed by atoms with E-state index >= 15 is 0 Å². The first-order valence-electron chi connectivity index (χ1n) is 8.04. The van der Waals surface area contributed by atoms with E-state index in [1.165, 1.54) is 6.42 Å². The van der Waals surface area contributed by atoms with E-state index in [-0.39, 0.29) is 24.3 Å². The summed E-state index contributed by atoms with van der Waals surface area (Å²) in [6, 6.07) is 0.310. The van der Waals surface area contributed by atoms with E-state index in [2.05, 4.69) is 4.90 Å². The fourth-order valence-electron chi connectivity index (χ4n) is 3.45. The third kappa shape index (κ3) is 4.41. The van der Waals surface area contributed by atoms with E-state index in [0.717, 1.165) is 45.2 Å². The number of carbonyl (C=O) groups is 2. The summed E-state index contributed by atoms with van der Waals surface area (Å²) in [6.07, 6.45) is 5.70. The van der Waals surface area contributed by atoms with Crippen molar-refractivity contribution in [2.45, 2.75) is 44.6 Å². The first-order chi connectivity index (χ1) is 10.1. The van der Waals surface area contributed by atoms with Crippen molar-refractivity contribution < 1.29 is 14.7 Å². The number of piperidine rings is 2. The van der Waals surface area contributed by atoms with Crippen LogP contribution in [0.4, 0.5) is 0 Å². The number of likely N-dealkylation sites (tertiary alicyclic amines) is 2. The molecule has 2 aliphatic rings. The molecule has 2 fully saturated rings. The minimum absolute atomic E-state index is 0.0887. The first-order valence-corrected chi connectivity index (χ1v) is 8.04. The summed E-state index contributed by atoms with van der Waals surface area (Å²) < 4.78 is 0. The van der Waals surface area contributed by atoms with Crippen LogP contribution in [-0.2, 0) is 9.59 Å². The van der Waals surface area contributed by atoms with Crippen molar-refractivity contribution in [3.63, 3.8) is 0 Å². The highest BCUT2D eigenvalue weighted by Gasteiger charge is 2.30. The average Bonchev–Trinajstić information content (AvgIpc) is 2.49. The largest absolute Gasteiger partial charge is 0.396 e. The fraction of sp³-hybridized carbons (Fsp3) is 0.867. The highest BCUT2D eigenvalue weighted by Crippen LogP contribution is 2.21. The molecule has 0 spiro atoms. The van der Waals surface area contributed by atoms with Crippen molar-refractivity contribution in [1.29, 1.82) is 0 Å². The van der Waals surface area contributed by atoms with E-state index in [4.69, 9.17) is 10.8 Å². The lowest BCUT2D eigenvalue weighted by Crippen LogP contribution is -2.50. The summed E-state index contributed by atoms with van der Waals surface area (Å²) in [5.74, 6) is -0.410. The molecule has 3 N–H and O–H groups in total. The van der Waals surface area contributed by atoms with Crippen LogP contribution >= 0.6 is 0 Å². The Morgan fingerprint density at radius 1 is 1.14 bits per heavy atom. The Morgan fingerprint density at radius 2 is 1.95 bits per heavy atom. The highest BCUT2D eigenvalue weighted by atomic mass is 16.3. The smallest absolute Gasteiger partial charge is 0.236 e. The number of amides is 2. The molecule has 0 aromatic heterocycles. The number of nitrogens with zero attached hydrogens (tertiary/aromatic N) is 2. The van der Waals surface area contributed by atoms with Gasteiger partial charge < -0.3 is 15.7 Å². The Bertz CT molecular complexity index is 373. The number of nitrogens with two attached hydrogens (primary N) is 1. The highest BCUT2D eigenvalue weighted by molar-refractivity contribution is 5.81. The second-order valence-corrected chi connectivity index (χ2v) is 6.21. The minimum Gasteiger partial charge on any atom is -0.396 e. The lowest BCUT2D eigenvalue weighted by Gasteiger charge is -2.38. The van der Waals surface area contributed by atoms with Gasteiger partial charge in [-0.25, -0.2) is 0 Å². The molecule has 6 heteroatoms. The molecule has 2 amide bonds. The van der Waals surface area contributed by atoms with Gasteiger partial charge in [-0.15, -0.1) is 0 Å². The normalized spacial score (nSPS) is 27.6. The van der Waals surface area contributed by atoms with Gasteiger partial charge in [0.05, 0.1) is 12.5 Å². The Kier molecular flexibility index (Phi) is 5.99. The van der Waals surface area contributed by atoms with Crippen molar-refractivity contribution >= 4 is 11.8 Å². The molecular weight excluding hydrogens is 270 g/mol. The summed E-state index contributed by atoms with van der Waals surface area (Å²) >= 11 is 0. The maximum atomic E-state index is 12.5. The van der Waals surface area contributed by atoms with E-state index < -0.39 is 0 Å². The average molecular weight is 297 g/mol. The summed E-state index contributed by atoms with van der Waals surface area (Å²) in [6.45, 7) is 2.68. The van der Waals surface area contributed by atoms with Crippen molar-refractivity contribution in [3.8, 4) is 0 Å². The van der Waals surface area contributed by atoms with Crippen LogP contribution in [0.1, 0.15) is 38.5 Å². The molecule has 0 aromatic carbocycles. The van der Waals surface area contributed by atoms with Crippen LogP contribution in [0.3, 0.4) is 0 Å². The van der Waals surface area contributed by atoms with E-state index in [1.807, 2.05) is 0 Å². The summed E-state index contributed by atoms with van der Waals surface area (Å²) in [5.41, 5.74) is 5.36. The SMILES string of the molecule is NC(=O)C1CCCN(C(=O)CN2CCCCC2CCO)C1. The van der Waals surface area contributed by atoms with Crippen LogP contribution in [0.5, 0.6) is 0 Å². The van der Waals surface area contributed by atoms with Crippen molar-refractivity contribution in [1.82, 2.24) is 9.80 Å². The Morgan fingerprint density at radius 3 is 2.67 bits per heavy atom. The molecule has 120 valence electrons. The third-order valence-corrected chi connectivity index (χ3v) is 4.73. The molecule has 2 heterocycles. The summed E-state index contributed by atoms with van der Waals surface area (Å²) in [5, 5.41) is 9.14. The number of aliphatic hydroxyl groups excluding tert-OH is 1. The maximum absolute atomic E-state index is 12.5. The van der Waals surface area contributed by atoms with Crippen molar-refractivity contribution in [2.24, 2.45) is 11.7 Å². The van der Waals surface area contributed by atoms with Gasteiger partial charge in [-0.1, -0.05) is 6.42 Å². The molecule has 0 saturated carbocycles. The number of carbonyl (C=O) groups excluding carboxylic acids is 2. The Labute approximate surface area is 126 Å². The predicted octanol–water partition coefficient (Wildman–Crippen LogP) is -0.0528. The molecule has 6 nitrogen and oxygen atoms in total. The van der Waals surface area contributed by atoms with Crippen LogP contribution in [0.15, 0.2) is 0 Å². The molecule has 0 aliphatic carbocycles. The molecule has 0 radical (unpaired) electrons.